The number of nitrogens with zero attached hydrogens (tertiary/aromatic N) is 4. The summed E-state index contributed by atoms with van der Waals surface area (Å²) in [7, 11) is 1.57. The third kappa shape index (κ3) is 4.23. The Balaban J connectivity index is 1.88. The van der Waals surface area contributed by atoms with Crippen molar-refractivity contribution in [2.24, 2.45) is 5.92 Å². The Hall–Kier alpha value is -3.46. The molecule has 3 aromatic rings. The summed E-state index contributed by atoms with van der Waals surface area (Å²) in [5.74, 6) is 0.976. The second-order valence-corrected chi connectivity index (χ2v) is 9.33. The van der Waals surface area contributed by atoms with E-state index in [1.165, 1.54) is 6.07 Å². The second-order valence-electron chi connectivity index (χ2n) is 8.95. The van der Waals surface area contributed by atoms with Crippen LogP contribution in [-0.2, 0) is 0 Å². The van der Waals surface area contributed by atoms with E-state index in [0.29, 0.717) is 22.5 Å². The molecule has 0 amide bonds. The Bertz CT molecular complexity index is 1220. The van der Waals surface area contributed by atoms with Crippen LogP contribution in [0.3, 0.4) is 0 Å². The minimum Gasteiger partial charge on any atom is -0.495 e. The quantitative estimate of drug-likeness (QED) is 0.289. The number of benzene rings is 1. The number of methoxy groups -OCH3 is 1. The van der Waals surface area contributed by atoms with Crippen LogP contribution in [0.1, 0.15) is 48.6 Å². The summed E-state index contributed by atoms with van der Waals surface area (Å²) in [5.41, 5.74) is 4.59. The van der Waals surface area contributed by atoms with Gasteiger partial charge in [0.05, 0.1) is 35.5 Å². The lowest BCUT2D eigenvalue weighted by Crippen LogP contribution is -2.33. The molecular weight excluding hydrogens is 450 g/mol. The number of aryl methyl sites for hydroxylation is 1. The van der Waals surface area contributed by atoms with E-state index >= 15 is 0 Å². The van der Waals surface area contributed by atoms with Gasteiger partial charge in [-0.15, -0.1) is 0 Å². The van der Waals surface area contributed by atoms with Crippen molar-refractivity contribution in [1.29, 1.82) is 0 Å². The fourth-order valence-corrected chi connectivity index (χ4v) is 5.07. The lowest BCUT2D eigenvalue weighted by Gasteiger charge is -2.29. The maximum atomic E-state index is 11.5. The van der Waals surface area contributed by atoms with Crippen LogP contribution in [0.2, 0.25) is 0 Å². The van der Waals surface area contributed by atoms with E-state index in [0.717, 1.165) is 29.2 Å². The largest absolute Gasteiger partial charge is 0.495 e. The first-order valence-electron chi connectivity index (χ1n) is 11.2. The normalized spacial score (nSPS) is 17.8. The Morgan fingerprint density at radius 2 is 2.00 bits per heavy atom. The SMILES string of the molecule is COc1ccc([N+](=O)[O-])cc1-n1c(C)cc(C2C(c3ccccn3)NC(=S)N2CC(C)C)c1C. The standard InChI is InChI=1S/C25H29N5O3S/c1-15(2)14-28-24(23(27-25(28)34)20-8-6-7-11-26-20)19-12-16(3)29(17(19)4)21-13-18(30(31)32)9-10-22(21)33-5/h6-13,15,23-24H,14H2,1-5H3,(H,27,34). The van der Waals surface area contributed by atoms with Crippen LogP contribution in [0.4, 0.5) is 5.69 Å². The van der Waals surface area contributed by atoms with Crippen molar-refractivity contribution in [2.75, 3.05) is 13.7 Å². The van der Waals surface area contributed by atoms with E-state index < -0.39 is 4.92 Å². The number of nitro benzene ring substituents is 1. The third-order valence-electron chi connectivity index (χ3n) is 6.16. The lowest BCUT2D eigenvalue weighted by molar-refractivity contribution is -0.384. The minimum atomic E-state index is -0.390. The molecule has 2 atom stereocenters. The van der Waals surface area contributed by atoms with Gasteiger partial charge in [-0.25, -0.2) is 0 Å². The van der Waals surface area contributed by atoms with Gasteiger partial charge in [0.2, 0.25) is 0 Å². The summed E-state index contributed by atoms with van der Waals surface area (Å²) in [6.45, 7) is 9.17. The fraction of sp³-hybridized carbons (Fsp3) is 0.360. The van der Waals surface area contributed by atoms with Crippen molar-refractivity contribution < 1.29 is 9.66 Å². The maximum Gasteiger partial charge on any atom is 0.271 e. The Kier molecular flexibility index (Phi) is 6.56. The molecule has 1 N–H and O–H groups in total. The first-order chi connectivity index (χ1) is 16.2. The topological polar surface area (TPSA) is 85.5 Å². The molecule has 1 aliphatic heterocycles. The summed E-state index contributed by atoms with van der Waals surface area (Å²) in [5, 5.41) is 15.7. The van der Waals surface area contributed by atoms with Gasteiger partial charge in [0.1, 0.15) is 5.75 Å². The number of ether oxygens (including phenoxy) is 1. The number of non-ortho nitro benzene ring substituents is 1. The Morgan fingerprint density at radius 3 is 2.62 bits per heavy atom. The summed E-state index contributed by atoms with van der Waals surface area (Å²) in [6.07, 6.45) is 1.79. The van der Waals surface area contributed by atoms with Gasteiger partial charge < -0.3 is 19.5 Å². The van der Waals surface area contributed by atoms with Crippen LogP contribution in [0.25, 0.3) is 5.69 Å². The average Bonchev–Trinajstić information content (AvgIpc) is 3.28. The molecular formula is C25H29N5O3S. The average molecular weight is 480 g/mol. The highest BCUT2D eigenvalue weighted by atomic mass is 32.1. The number of pyridine rings is 1. The van der Waals surface area contributed by atoms with Gasteiger partial charge in [0.15, 0.2) is 5.11 Å². The summed E-state index contributed by atoms with van der Waals surface area (Å²) in [4.78, 5) is 17.9. The molecule has 4 rings (SSSR count). The van der Waals surface area contributed by atoms with Gasteiger partial charge in [-0.1, -0.05) is 19.9 Å². The molecule has 3 heterocycles. The lowest BCUT2D eigenvalue weighted by atomic mass is 9.96. The highest BCUT2D eigenvalue weighted by Gasteiger charge is 2.41. The van der Waals surface area contributed by atoms with Crippen molar-refractivity contribution in [3.8, 4) is 11.4 Å². The fourth-order valence-electron chi connectivity index (χ4n) is 4.76. The smallest absolute Gasteiger partial charge is 0.271 e. The van der Waals surface area contributed by atoms with Crippen molar-refractivity contribution in [1.82, 2.24) is 19.8 Å². The van der Waals surface area contributed by atoms with E-state index in [-0.39, 0.29) is 17.8 Å². The molecule has 0 aliphatic carbocycles. The van der Waals surface area contributed by atoms with Gasteiger partial charge in [0, 0.05) is 36.3 Å². The maximum absolute atomic E-state index is 11.5. The molecule has 0 spiro atoms. The zero-order chi connectivity index (χ0) is 24.6. The number of nitro groups is 1. The number of thiocarbonyl (C=S) groups is 1. The van der Waals surface area contributed by atoms with E-state index in [4.69, 9.17) is 17.0 Å². The summed E-state index contributed by atoms with van der Waals surface area (Å²) < 4.78 is 7.58. The monoisotopic (exact) mass is 479 g/mol. The molecule has 0 saturated carbocycles. The van der Waals surface area contributed by atoms with Crippen molar-refractivity contribution in [3.63, 3.8) is 0 Å². The van der Waals surface area contributed by atoms with Crippen LogP contribution in [0, 0.1) is 29.9 Å². The first kappa shape index (κ1) is 23.7. The van der Waals surface area contributed by atoms with E-state index in [1.54, 1.807) is 25.4 Å². The zero-order valence-corrected chi connectivity index (χ0v) is 20.8. The molecule has 2 aromatic heterocycles. The van der Waals surface area contributed by atoms with Gasteiger partial charge in [-0.2, -0.15) is 0 Å². The Morgan fingerprint density at radius 1 is 1.24 bits per heavy atom. The van der Waals surface area contributed by atoms with E-state index in [9.17, 15) is 10.1 Å². The summed E-state index contributed by atoms with van der Waals surface area (Å²) >= 11 is 5.76. The van der Waals surface area contributed by atoms with E-state index in [2.05, 4.69) is 35.1 Å². The van der Waals surface area contributed by atoms with Crippen LogP contribution in [-0.4, -0.2) is 38.1 Å². The van der Waals surface area contributed by atoms with Crippen molar-refractivity contribution in [2.45, 2.75) is 39.8 Å². The van der Waals surface area contributed by atoms with Gasteiger partial charge >= 0.3 is 0 Å². The number of aromatic nitrogens is 2. The first-order valence-corrected chi connectivity index (χ1v) is 11.6. The zero-order valence-electron chi connectivity index (χ0n) is 20.0. The van der Waals surface area contributed by atoms with Crippen molar-refractivity contribution >= 4 is 23.0 Å². The summed E-state index contributed by atoms with van der Waals surface area (Å²) in [6, 6.07) is 12.5. The molecule has 34 heavy (non-hydrogen) atoms. The van der Waals surface area contributed by atoms with Crippen LogP contribution in [0.5, 0.6) is 5.75 Å². The predicted molar refractivity (Wildman–Crippen MR) is 135 cm³/mol. The van der Waals surface area contributed by atoms with Gasteiger partial charge in [-0.05, 0) is 61.8 Å². The minimum absolute atomic E-state index is 0.0151. The molecule has 0 bridgehead atoms. The predicted octanol–water partition coefficient (Wildman–Crippen LogP) is 5.03. The number of rotatable bonds is 7. The number of hydrogen-bond acceptors (Lipinski definition) is 5. The van der Waals surface area contributed by atoms with Gasteiger partial charge in [-0.3, -0.25) is 15.1 Å². The molecule has 1 saturated heterocycles. The molecule has 9 heteroatoms. The van der Waals surface area contributed by atoms with Gasteiger partial charge in [0.25, 0.3) is 5.69 Å². The molecule has 1 aromatic carbocycles. The number of nitrogens with one attached hydrogen (secondary N) is 1. The van der Waals surface area contributed by atoms with Crippen LogP contribution < -0.4 is 10.1 Å². The third-order valence-corrected chi connectivity index (χ3v) is 6.52. The Labute approximate surface area is 204 Å². The molecule has 178 valence electrons. The second kappa shape index (κ2) is 9.42. The van der Waals surface area contributed by atoms with E-state index in [1.807, 2.05) is 36.6 Å². The highest BCUT2D eigenvalue weighted by molar-refractivity contribution is 7.80. The molecule has 1 fully saturated rings. The van der Waals surface area contributed by atoms with Crippen molar-refractivity contribution in [3.05, 3.63) is 81.4 Å². The molecule has 0 radical (unpaired) electrons. The van der Waals surface area contributed by atoms with Crippen LogP contribution in [0.15, 0.2) is 48.7 Å². The highest BCUT2D eigenvalue weighted by Crippen LogP contribution is 2.42. The molecule has 2 unspecified atom stereocenters. The molecule has 1 aliphatic rings. The van der Waals surface area contributed by atoms with Crippen LogP contribution >= 0.6 is 12.2 Å². The number of hydrogen-bond donors (Lipinski definition) is 1. The molecule has 8 nitrogen and oxygen atoms in total.